The number of aliphatic hydroxyl groups excluding tert-OH is 1. The zero-order valence-corrected chi connectivity index (χ0v) is 24.5. The molecule has 3 N–H and O–H groups in total. The van der Waals surface area contributed by atoms with E-state index in [1.807, 2.05) is 44.2 Å². The number of hydrogen-bond donors (Lipinski definition) is 3. The van der Waals surface area contributed by atoms with E-state index in [4.69, 9.17) is 4.74 Å². The Morgan fingerprint density at radius 2 is 1.71 bits per heavy atom. The van der Waals surface area contributed by atoms with Crippen molar-refractivity contribution in [2.45, 2.75) is 83.9 Å². The van der Waals surface area contributed by atoms with Crippen LogP contribution < -0.4 is 10.6 Å². The van der Waals surface area contributed by atoms with Gasteiger partial charge in [0.2, 0.25) is 5.91 Å². The predicted octanol–water partition coefficient (Wildman–Crippen LogP) is 4.91. The third-order valence-corrected chi connectivity index (χ3v) is 7.64. The number of amides is 2. The van der Waals surface area contributed by atoms with Crippen LogP contribution in [-0.2, 0) is 32.1 Å². The number of carbonyl (C=O) groups is 4. The summed E-state index contributed by atoms with van der Waals surface area (Å²) in [7, 11) is 0. The van der Waals surface area contributed by atoms with Crippen LogP contribution in [0.5, 0.6) is 0 Å². The number of ketones is 2. The number of benzene rings is 2. The average molecular weight is 583 g/mol. The van der Waals surface area contributed by atoms with Crippen LogP contribution in [-0.4, -0.2) is 47.4 Å². The van der Waals surface area contributed by atoms with E-state index >= 15 is 0 Å². The number of carbonyl (C=O) groups excluding carboxylic acids is 4. The number of hydrogen-bond acceptors (Lipinski definition) is 6. The molecular weight excluding hydrogens is 539 g/mol. The molecule has 2 aromatic rings. The Balaban J connectivity index is 1.69. The topological polar surface area (TPSA) is 122 Å². The highest BCUT2D eigenvalue weighted by Crippen LogP contribution is 2.25. The second-order valence-electron chi connectivity index (χ2n) is 11.6. The minimum atomic E-state index is -1.00. The molecule has 1 saturated carbocycles. The van der Waals surface area contributed by atoms with Crippen molar-refractivity contribution in [1.29, 1.82) is 0 Å². The Kier molecular flexibility index (Phi) is 13.1. The highest BCUT2D eigenvalue weighted by molar-refractivity contribution is 5.92. The summed E-state index contributed by atoms with van der Waals surface area (Å²) in [5.74, 6) is -1.78. The summed E-state index contributed by atoms with van der Waals surface area (Å²) in [4.78, 5) is 52.0. The largest absolute Gasteiger partial charge is 0.445 e. The van der Waals surface area contributed by atoms with E-state index in [0.29, 0.717) is 24.8 Å². The fourth-order valence-electron chi connectivity index (χ4n) is 5.39. The molecule has 1 fully saturated rings. The molecule has 0 aliphatic heterocycles. The van der Waals surface area contributed by atoms with Crippen LogP contribution in [0.15, 0.2) is 54.6 Å². The van der Waals surface area contributed by atoms with Crippen LogP contribution in [0.1, 0.15) is 69.9 Å². The normalized spacial score (nSPS) is 17.3. The molecule has 2 amide bonds. The lowest BCUT2D eigenvalue weighted by Gasteiger charge is -2.27. The van der Waals surface area contributed by atoms with Gasteiger partial charge in [0, 0.05) is 24.7 Å². The first kappa shape index (κ1) is 32.9. The average Bonchev–Trinajstić information content (AvgIpc) is 2.97. The first-order chi connectivity index (χ1) is 20.1. The van der Waals surface area contributed by atoms with Gasteiger partial charge in [-0.05, 0) is 61.3 Å². The summed E-state index contributed by atoms with van der Waals surface area (Å²) >= 11 is 0. The number of nitrogens with one attached hydrogen (secondary N) is 2. The molecule has 42 heavy (non-hydrogen) atoms. The minimum Gasteiger partial charge on any atom is -0.445 e. The number of ether oxygens (including phenoxy) is 1. The smallest absolute Gasteiger partial charge is 0.408 e. The standard InChI is InChI=1S/C33H43FN2O6/c1-22(2)16-26(32(40)35-28(20-37)18-25-10-6-7-11-30(25)38)19-31(39)29(17-23-12-14-27(34)15-13-23)36-33(41)42-21-24-8-4-3-5-9-24/h3-5,8-9,12-15,22,25-26,28-29,37H,6-7,10-11,16-21H2,1-2H3,(H,35,40)(H,36,41)/t25-,26+,28-,29-/m0/s1. The summed E-state index contributed by atoms with van der Waals surface area (Å²) < 4.78 is 18.8. The van der Waals surface area contributed by atoms with E-state index in [0.717, 1.165) is 24.8 Å². The zero-order chi connectivity index (χ0) is 30.5. The van der Waals surface area contributed by atoms with Crippen molar-refractivity contribution in [2.75, 3.05) is 6.61 Å². The fraction of sp³-hybridized carbons (Fsp3) is 0.515. The van der Waals surface area contributed by atoms with Crippen LogP contribution in [0.4, 0.5) is 9.18 Å². The molecule has 9 heteroatoms. The van der Waals surface area contributed by atoms with E-state index in [-0.39, 0.29) is 55.4 Å². The van der Waals surface area contributed by atoms with E-state index in [1.165, 1.54) is 12.1 Å². The van der Waals surface area contributed by atoms with Crippen molar-refractivity contribution in [3.63, 3.8) is 0 Å². The van der Waals surface area contributed by atoms with Crippen LogP contribution in [0.25, 0.3) is 0 Å². The number of halogens is 1. The second-order valence-corrected chi connectivity index (χ2v) is 11.6. The lowest BCUT2D eigenvalue weighted by atomic mass is 9.83. The van der Waals surface area contributed by atoms with E-state index in [9.17, 15) is 28.7 Å². The van der Waals surface area contributed by atoms with Crippen molar-refractivity contribution < 1.29 is 33.4 Å². The lowest BCUT2D eigenvalue weighted by molar-refractivity contribution is -0.132. The molecule has 0 saturated heterocycles. The summed E-state index contributed by atoms with van der Waals surface area (Å²) in [5.41, 5.74) is 1.43. The van der Waals surface area contributed by atoms with E-state index in [2.05, 4.69) is 10.6 Å². The summed E-state index contributed by atoms with van der Waals surface area (Å²) in [6.45, 7) is 3.61. The van der Waals surface area contributed by atoms with Gasteiger partial charge < -0.3 is 20.5 Å². The fourth-order valence-corrected chi connectivity index (χ4v) is 5.39. The van der Waals surface area contributed by atoms with Crippen LogP contribution >= 0.6 is 0 Å². The Bertz CT molecular complexity index is 1170. The summed E-state index contributed by atoms with van der Waals surface area (Å²) in [6.07, 6.45) is 3.05. The Labute approximate surface area is 247 Å². The third-order valence-electron chi connectivity index (χ3n) is 7.64. The summed E-state index contributed by atoms with van der Waals surface area (Å²) in [5, 5.41) is 15.5. The van der Waals surface area contributed by atoms with Gasteiger partial charge in [-0.25, -0.2) is 9.18 Å². The molecule has 2 aromatic carbocycles. The van der Waals surface area contributed by atoms with Gasteiger partial charge >= 0.3 is 6.09 Å². The van der Waals surface area contributed by atoms with Crippen molar-refractivity contribution in [1.82, 2.24) is 10.6 Å². The predicted molar refractivity (Wildman–Crippen MR) is 157 cm³/mol. The Morgan fingerprint density at radius 1 is 1.00 bits per heavy atom. The molecule has 0 heterocycles. The van der Waals surface area contributed by atoms with Gasteiger partial charge in [-0.2, -0.15) is 0 Å². The molecule has 8 nitrogen and oxygen atoms in total. The highest BCUT2D eigenvalue weighted by Gasteiger charge is 2.31. The number of Topliss-reactive ketones (excluding diaryl/α,β-unsaturated/α-hetero) is 2. The van der Waals surface area contributed by atoms with Gasteiger partial charge in [0.25, 0.3) is 0 Å². The molecule has 0 bridgehead atoms. The molecule has 1 aliphatic rings. The summed E-state index contributed by atoms with van der Waals surface area (Å²) in [6, 6.07) is 13.2. The third kappa shape index (κ3) is 11.0. The maximum absolute atomic E-state index is 13.6. The zero-order valence-electron chi connectivity index (χ0n) is 24.5. The van der Waals surface area contributed by atoms with Crippen molar-refractivity contribution in [2.24, 2.45) is 17.8 Å². The minimum absolute atomic E-state index is 0.0224. The maximum Gasteiger partial charge on any atom is 0.408 e. The molecule has 0 aromatic heterocycles. The SMILES string of the molecule is CC(C)C[C@H](CC(=O)[C@H](Cc1ccc(F)cc1)NC(=O)OCc1ccccc1)C(=O)N[C@H](CO)C[C@@H]1CCCCC1=O. The molecule has 0 spiro atoms. The van der Waals surface area contributed by atoms with E-state index in [1.54, 1.807) is 12.1 Å². The Hall–Kier alpha value is -3.59. The van der Waals surface area contributed by atoms with Gasteiger partial charge in [-0.1, -0.05) is 62.7 Å². The van der Waals surface area contributed by atoms with Crippen molar-refractivity contribution >= 4 is 23.6 Å². The first-order valence-corrected chi connectivity index (χ1v) is 14.8. The van der Waals surface area contributed by atoms with Gasteiger partial charge in [-0.15, -0.1) is 0 Å². The van der Waals surface area contributed by atoms with Crippen molar-refractivity contribution in [3.8, 4) is 0 Å². The molecule has 228 valence electrons. The number of rotatable bonds is 15. The van der Waals surface area contributed by atoms with Crippen LogP contribution in [0.2, 0.25) is 0 Å². The second kappa shape index (κ2) is 16.8. The molecule has 3 rings (SSSR count). The number of alkyl carbamates (subject to hydrolysis) is 1. The maximum atomic E-state index is 13.6. The first-order valence-electron chi connectivity index (χ1n) is 14.8. The molecule has 4 atom stereocenters. The lowest BCUT2D eigenvalue weighted by Crippen LogP contribution is -2.46. The van der Waals surface area contributed by atoms with Crippen LogP contribution in [0, 0.1) is 23.6 Å². The molecular formula is C33H43FN2O6. The van der Waals surface area contributed by atoms with Crippen molar-refractivity contribution in [3.05, 3.63) is 71.5 Å². The Morgan fingerprint density at radius 3 is 2.36 bits per heavy atom. The van der Waals surface area contributed by atoms with Gasteiger partial charge in [0.05, 0.1) is 18.7 Å². The monoisotopic (exact) mass is 582 g/mol. The molecule has 1 aliphatic carbocycles. The van der Waals surface area contributed by atoms with E-state index < -0.39 is 29.9 Å². The molecule has 0 unspecified atom stereocenters. The van der Waals surface area contributed by atoms with Gasteiger partial charge in [-0.3, -0.25) is 14.4 Å². The highest BCUT2D eigenvalue weighted by atomic mass is 19.1. The van der Waals surface area contributed by atoms with Gasteiger partial charge in [0.15, 0.2) is 5.78 Å². The molecule has 0 radical (unpaired) electrons. The quantitative estimate of drug-likeness (QED) is 0.274. The van der Waals surface area contributed by atoms with Crippen LogP contribution in [0.3, 0.4) is 0 Å². The number of aliphatic hydroxyl groups is 1. The van der Waals surface area contributed by atoms with Gasteiger partial charge in [0.1, 0.15) is 18.2 Å².